The van der Waals surface area contributed by atoms with Gasteiger partial charge >= 0.3 is 5.97 Å². The third-order valence-corrected chi connectivity index (χ3v) is 5.70. The lowest BCUT2D eigenvalue weighted by molar-refractivity contribution is -0.147. The van der Waals surface area contributed by atoms with Gasteiger partial charge in [-0.3, -0.25) is 4.79 Å². The molecule has 9 heteroatoms. The highest BCUT2D eigenvalue weighted by Crippen LogP contribution is 2.34. The second-order valence-corrected chi connectivity index (χ2v) is 7.74. The number of hydrogen-bond acceptors (Lipinski definition) is 6. The quantitative estimate of drug-likeness (QED) is 0.610. The van der Waals surface area contributed by atoms with Crippen LogP contribution in [0.25, 0.3) is 0 Å². The van der Waals surface area contributed by atoms with Gasteiger partial charge in [0.15, 0.2) is 5.54 Å². The van der Waals surface area contributed by atoms with Gasteiger partial charge in [0.05, 0.1) is 12.7 Å². The van der Waals surface area contributed by atoms with Crippen molar-refractivity contribution in [1.82, 2.24) is 10.3 Å². The van der Waals surface area contributed by atoms with Gasteiger partial charge in [-0.05, 0) is 44.2 Å². The summed E-state index contributed by atoms with van der Waals surface area (Å²) in [5, 5.41) is 11.8. The Bertz CT molecular complexity index is 764. The van der Waals surface area contributed by atoms with E-state index in [9.17, 15) is 19.1 Å². The van der Waals surface area contributed by atoms with Crippen LogP contribution in [0.1, 0.15) is 43.6 Å². The lowest BCUT2D eigenvalue weighted by atomic mass is 9.91. The molecule has 0 radical (unpaired) electrons. The summed E-state index contributed by atoms with van der Waals surface area (Å²) >= 11 is 0. The molecule has 1 aliphatic carbocycles. The first-order valence-corrected chi connectivity index (χ1v) is 9.92. The topological polar surface area (TPSA) is 101 Å². The second kappa shape index (κ2) is 8.52. The van der Waals surface area contributed by atoms with Crippen molar-refractivity contribution in [3.63, 3.8) is 0 Å². The summed E-state index contributed by atoms with van der Waals surface area (Å²) in [6.45, 7) is 4.54. The van der Waals surface area contributed by atoms with Gasteiger partial charge in [-0.25, -0.2) is 14.2 Å². The van der Waals surface area contributed by atoms with Crippen LogP contribution in [0.3, 0.4) is 0 Å². The molecule has 2 aliphatic rings. The number of nitrogens with zero attached hydrogens (tertiary/aromatic N) is 2. The molecule has 1 amide bonds. The Labute approximate surface area is 169 Å². The maximum atomic E-state index is 14.1. The van der Waals surface area contributed by atoms with E-state index in [2.05, 4.69) is 10.3 Å². The van der Waals surface area contributed by atoms with E-state index < -0.39 is 23.6 Å². The number of carboxylic acid groups (broad SMARTS) is 1. The molecule has 0 aromatic carbocycles. The van der Waals surface area contributed by atoms with E-state index in [0.717, 1.165) is 25.5 Å². The molecule has 0 bridgehead atoms. The third-order valence-electron chi connectivity index (χ3n) is 5.70. The number of anilines is 1. The van der Waals surface area contributed by atoms with Gasteiger partial charge in [0, 0.05) is 20.2 Å². The highest BCUT2D eigenvalue weighted by molar-refractivity contribution is 5.97. The molecular formula is C20H28FN3O5. The highest BCUT2D eigenvalue weighted by Gasteiger charge is 2.45. The number of carbonyl (C=O) groups is 2. The molecule has 2 heterocycles. The van der Waals surface area contributed by atoms with Crippen LogP contribution in [-0.2, 0) is 9.53 Å². The van der Waals surface area contributed by atoms with Gasteiger partial charge in [0.25, 0.3) is 5.91 Å². The van der Waals surface area contributed by atoms with Gasteiger partial charge in [-0.2, -0.15) is 0 Å². The summed E-state index contributed by atoms with van der Waals surface area (Å²) in [6, 6.07) is 3.23. The molecule has 2 N–H and O–H groups in total. The Hall–Kier alpha value is -2.42. The minimum atomic E-state index is -2.00. The van der Waals surface area contributed by atoms with Crippen molar-refractivity contribution in [2.75, 3.05) is 31.7 Å². The zero-order valence-electron chi connectivity index (χ0n) is 17.0. The van der Waals surface area contributed by atoms with E-state index in [0.29, 0.717) is 31.5 Å². The number of hydrogen-bond donors (Lipinski definition) is 2. The molecule has 8 nitrogen and oxygen atoms in total. The van der Waals surface area contributed by atoms with Crippen LogP contribution < -0.4 is 15.0 Å². The summed E-state index contributed by atoms with van der Waals surface area (Å²) in [5.41, 5.74) is -1.26. The molecule has 1 saturated carbocycles. The molecule has 2 unspecified atom stereocenters. The molecule has 1 aromatic rings. The Morgan fingerprint density at radius 2 is 2.10 bits per heavy atom. The molecule has 29 heavy (non-hydrogen) atoms. The Morgan fingerprint density at radius 1 is 1.41 bits per heavy atom. The maximum absolute atomic E-state index is 14.1. The predicted octanol–water partition coefficient (Wildman–Crippen LogP) is 2.03. The average molecular weight is 409 g/mol. The highest BCUT2D eigenvalue weighted by atomic mass is 19.1. The Morgan fingerprint density at radius 3 is 2.62 bits per heavy atom. The number of rotatable bonds is 10. The van der Waals surface area contributed by atoms with Gasteiger partial charge in [0.2, 0.25) is 5.88 Å². The van der Waals surface area contributed by atoms with Crippen LogP contribution in [0.4, 0.5) is 10.1 Å². The van der Waals surface area contributed by atoms with Crippen molar-refractivity contribution < 1.29 is 28.6 Å². The van der Waals surface area contributed by atoms with Gasteiger partial charge < -0.3 is 24.8 Å². The standard InChI is InChI=1S/C20H28FN3O5/c1-4-20(12(2)21,19(26)27)23-17(25)15-7-8-16(24-9-14(10-24)28-3)18(22-15)29-11-13-5-6-13/h7-8,12-14H,4-6,9-11H2,1-3H3,(H,23,25)(H,26,27). The largest absolute Gasteiger partial charge is 0.479 e. The van der Waals surface area contributed by atoms with Crippen molar-refractivity contribution in [3.05, 3.63) is 17.8 Å². The molecule has 160 valence electrons. The number of halogens is 1. The monoisotopic (exact) mass is 409 g/mol. The Kier molecular flexibility index (Phi) is 6.26. The SMILES string of the molecule is CCC(NC(=O)c1ccc(N2CC(OC)C2)c(OCC2CC2)n1)(C(=O)O)C(C)F. The molecule has 2 atom stereocenters. The zero-order valence-corrected chi connectivity index (χ0v) is 17.0. The molecule has 1 aromatic heterocycles. The van der Waals surface area contributed by atoms with Crippen molar-refractivity contribution in [2.24, 2.45) is 5.92 Å². The Balaban J connectivity index is 1.81. The number of carbonyl (C=O) groups excluding carboxylic acids is 1. The van der Waals surface area contributed by atoms with Crippen molar-refractivity contribution >= 4 is 17.6 Å². The molecule has 2 fully saturated rings. The number of aromatic nitrogens is 1. The van der Waals surface area contributed by atoms with Crippen LogP contribution in [0.5, 0.6) is 5.88 Å². The fourth-order valence-corrected chi connectivity index (χ4v) is 3.28. The van der Waals surface area contributed by atoms with E-state index in [4.69, 9.17) is 9.47 Å². The number of methoxy groups -OCH3 is 1. The van der Waals surface area contributed by atoms with E-state index in [1.165, 1.54) is 13.0 Å². The first-order chi connectivity index (χ1) is 13.8. The van der Waals surface area contributed by atoms with Crippen molar-refractivity contribution in [2.45, 2.75) is 50.9 Å². The average Bonchev–Trinajstić information content (AvgIpc) is 3.48. The molecule has 1 saturated heterocycles. The van der Waals surface area contributed by atoms with Crippen molar-refractivity contribution in [1.29, 1.82) is 0 Å². The van der Waals surface area contributed by atoms with Gasteiger partial charge in [0.1, 0.15) is 17.6 Å². The summed E-state index contributed by atoms with van der Waals surface area (Å²) in [6.07, 6.45) is 0.488. The number of carboxylic acids is 1. The van der Waals surface area contributed by atoms with Crippen LogP contribution in [0, 0.1) is 5.92 Å². The zero-order chi connectivity index (χ0) is 21.2. The normalized spacial score (nSPS) is 19.8. The number of pyridine rings is 1. The number of alkyl halides is 1. The minimum Gasteiger partial charge on any atom is -0.479 e. The van der Waals surface area contributed by atoms with Crippen LogP contribution in [-0.4, -0.2) is 66.6 Å². The predicted molar refractivity (Wildman–Crippen MR) is 104 cm³/mol. The fraction of sp³-hybridized carbons (Fsp3) is 0.650. The molecular weight excluding hydrogens is 381 g/mol. The van der Waals surface area contributed by atoms with E-state index in [-0.39, 0.29) is 18.2 Å². The van der Waals surface area contributed by atoms with Crippen LogP contribution in [0.15, 0.2) is 12.1 Å². The first-order valence-electron chi connectivity index (χ1n) is 9.92. The maximum Gasteiger partial charge on any atom is 0.332 e. The van der Waals surface area contributed by atoms with E-state index >= 15 is 0 Å². The summed E-state index contributed by atoms with van der Waals surface area (Å²) < 4.78 is 25.2. The number of nitrogens with one attached hydrogen (secondary N) is 1. The molecule has 3 rings (SSSR count). The number of ether oxygens (including phenoxy) is 2. The molecule has 1 aliphatic heterocycles. The van der Waals surface area contributed by atoms with Gasteiger partial charge in [-0.15, -0.1) is 0 Å². The summed E-state index contributed by atoms with van der Waals surface area (Å²) in [7, 11) is 1.66. The van der Waals surface area contributed by atoms with Gasteiger partial charge in [-0.1, -0.05) is 6.92 Å². The van der Waals surface area contributed by atoms with E-state index in [1.807, 2.05) is 4.90 Å². The minimum absolute atomic E-state index is 0.0110. The van der Waals surface area contributed by atoms with E-state index in [1.54, 1.807) is 13.2 Å². The number of aliphatic carboxylic acids is 1. The molecule has 0 spiro atoms. The fourth-order valence-electron chi connectivity index (χ4n) is 3.28. The lowest BCUT2D eigenvalue weighted by Gasteiger charge is -2.40. The summed E-state index contributed by atoms with van der Waals surface area (Å²) in [4.78, 5) is 30.7. The first kappa shape index (κ1) is 21.3. The van der Waals surface area contributed by atoms with Crippen molar-refractivity contribution in [3.8, 4) is 5.88 Å². The second-order valence-electron chi connectivity index (χ2n) is 7.74. The van der Waals surface area contributed by atoms with Crippen LogP contribution in [0.2, 0.25) is 0 Å². The number of amides is 1. The smallest absolute Gasteiger partial charge is 0.332 e. The third kappa shape index (κ3) is 4.44. The summed E-state index contributed by atoms with van der Waals surface area (Å²) in [5.74, 6) is -1.35. The van der Waals surface area contributed by atoms with Crippen LogP contribution >= 0.6 is 0 Å². The lowest BCUT2D eigenvalue weighted by Crippen LogP contribution is -2.59.